The number of nitrogens with zero attached hydrogens (tertiary/aromatic N) is 2. The van der Waals surface area contributed by atoms with E-state index < -0.39 is 5.60 Å². The second-order valence-corrected chi connectivity index (χ2v) is 8.20. The third-order valence-corrected chi connectivity index (χ3v) is 4.93. The molecular formula is C20H29N3O3. The smallest absolute Gasteiger partial charge is 0.410 e. The fourth-order valence-corrected chi connectivity index (χ4v) is 3.57. The highest BCUT2D eigenvalue weighted by Crippen LogP contribution is 2.31. The Morgan fingerprint density at radius 1 is 1.12 bits per heavy atom. The predicted octanol–water partition coefficient (Wildman–Crippen LogP) is 3.36. The van der Waals surface area contributed by atoms with Gasteiger partial charge in [0.1, 0.15) is 5.60 Å². The van der Waals surface area contributed by atoms with Crippen LogP contribution in [0.1, 0.15) is 51.7 Å². The molecule has 0 aromatic heterocycles. The van der Waals surface area contributed by atoms with Crippen LogP contribution >= 0.6 is 0 Å². The Labute approximate surface area is 155 Å². The molecule has 0 bridgehead atoms. The van der Waals surface area contributed by atoms with Crippen molar-refractivity contribution < 1.29 is 14.3 Å². The monoisotopic (exact) mass is 359 g/mol. The summed E-state index contributed by atoms with van der Waals surface area (Å²) in [7, 11) is 0. The van der Waals surface area contributed by atoms with Gasteiger partial charge in [0.25, 0.3) is 0 Å². The van der Waals surface area contributed by atoms with Gasteiger partial charge in [0.05, 0.1) is 6.54 Å². The van der Waals surface area contributed by atoms with E-state index in [1.807, 2.05) is 31.7 Å². The molecule has 0 saturated carbocycles. The second kappa shape index (κ2) is 7.17. The molecule has 2 amide bonds. The van der Waals surface area contributed by atoms with Crippen LogP contribution in [0.3, 0.4) is 0 Å². The number of hydrogen-bond acceptors (Lipinski definition) is 4. The number of hydrogen-bond donors (Lipinski definition) is 1. The maximum absolute atomic E-state index is 12.4. The first-order valence-corrected chi connectivity index (χ1v) is 9.33. The summed E-state index contributed by atoms with van der Waals surface area (Å²) in [5.74, 6) is 0.150. The maximum atomic E-state index is 12.4. The summed E-state index contributed by atoms with van der Waals surface area (Å²) < 4.78 is 5.51. The number of likely N-dealkylation sites (tertiary alicyclic amines) is 1. The zero-order chi connectivity index (χ0) is 18.9. The Hall–Kier alpha value is -2.24. The molecule has 0 unspecified atom stereocenters. The molecule has 2 aliphatic rings. The van der Waals surface area contributed by atoms with Gasteiger partial charge in [-0.15, -0.1) is 0 Å². The molecule has 1 saturated heterocycles. The summed E-state index contributed by atoms with van der Waals surface area (Å²) in [4.78, 5) is 27.5. The Kier molecular flexibility index (Phi) is 5.12. The Balaban J connectivity index is 1.64. The summed E-state index contributed by atoms with van der Waals surface area (Å²) in [6, 6.07) is 6.54. The van der Waals surface area contributed by atoms with Crippen LogP contribution in [0, 0.1) is 0 Å². The third kappa shape index (κ3) is 4.29. The summed E-state index contributed by atoms with van der Waals surface area (Å²) in [6.45, 7) is 10.0. The molecular weight excluding hydrogens is 330 g/mol. The molecule has 26 heavy (non-hydrogen) atoms. The van der Waals surface area contributed by atoms with E-state index in [1.54, 1.807) is 11.8 Å². The molecule has 3 rings (SSSR count). The average molecular weight is 359 g/mol. The first-order valence-electron chi connectivity index (χ1n) is 9.33. The van der Waals surface area contributed by atoms with Crippen LogP contribution < -0.4 is 5.32 Å². The van der Waals surface area contributed by atoms with E-state index in [0.717, 1.165) is 31.6 Å². The molecule has 2 aliphatic heterocycles. The van der Waals surface area contributed by atoms with E-state index in [1.165, 1.54) is 11.1 Å². The van der Waals surface area contributed by atoms with Crippen LogP contribution in [0.5, 0.6) is 0 Å². The summed E-state index contributed by atoms with van der Waals surface area (Å²) >= 11 is 0. The Bertz CT molecular complexity index is 688. The average Bonchev–Trinajstić information content (AvgIpc) is 2.99. The van der Waals surface area contributed by atoms with E-state index in [0.29, 0.717) is 19.1 Å². The quantitative estimate of drug-likeness (QED) is 0.879. The molecule has 0 atom stereocenters. The van der Waals surface area contributed by atoms with Gasteiger partial charge in [0.15, 0.2) is 0 Å². The number of fused-ring (bicyclic) bond motifs is 1. The van der Waals surface area contributed by atoms with Crippen molar-refractivity contribution in [2.24, 2.45) is 0 Å². The molecule has 1 fully saturated rings. The van der Waals surface area contributed by atoms with Crippen LogP contribution in [-0.2, 0) is 22.6 Å². The van der Waals surface area contributed by atoms with Gasteiger partial charge in [-0.1, -0.05) is 12.1 Å². The van der Waals surface area contributed by atoms with Crippen molar-refractivity contribution in [1.29, 1.82) is 0 Å². The van der Waals surface area contributed by atoms with Crippen LogP contribution in [0.4, 0.5) is 10.5 Å². The normalized spacial score (nSPS) is 17.8. The van der Waals surface area contributed by atoms with Gasteiger partial charge in [0.2, 0.25) is 5.91 Å². The van der Waals surface area contributed by atoms with Gasteiger partial charge in [-0.2, -0.15) is 0 Å². The lowest BCUT2D eigenvalue weighted by atomic mass is 10.0. The lowest BCUT2D eigenvalue weighted by Gasteiger charge is -2.32. The van der Waals surface area contributed by atoms with Crippen LogP contribution in [0.2, 0.25) is 0 Å². The van der Waals surface area contributed by atoms with Crippen LogP contribution in [-0.4, -0.2) is 46.5 Å². The zero-order valence-electron chi connectivity index (χ0n) is 16.2. The number of nitrogens with one attached hydrogen (secondary N) is 1. The first-order chi connectivity index (χ1) is 12.2. The molecule has 0 radical (unpaired) electrons. The maximum Gasteiger partial charge on any atom is 0.410 e. The van der Waals surface area contributed by atoms with Crippen LogP contribution in [0.25, 0.3) is 0 Å². The Morgan fingerprint density at radius 2 is 1.81 bits per heavy atom. The number of rotatable bonds is 2. The van der Waals surface area contributed by atoms with Gasteiger partial charge < -0.3 is 15.0 Å². The van der Waals surface area contributed by atoms with E-state index >= 15 is 0 Å². The van der Waals surface area contributed by atoms with Crippen LogP contribution in [0.15, 0.2) is 18.2 Å². The lowest BCUT2D eigenvalue weighted by Crippen LogP contribution is -2.41. The van der Waals surface area contributed by atoms with Crippen molar-refractivity contribution in [2.75, 3.05) is 18.4 Å². The molecule has 1 aromatic carbocycles. The molecule has 0 spiro atoms. The SMILES string of the molecule is CC(=O)N1CCC(Nc2cccc3c2CN(C(=O)OC(C)(C)C)C3)CC1. The van der Waals surface area contributed by atoms with Crippen molar-refractivity contribution >= 4 is 17.7 Å². The molecule has 2 heterocycles. The number of carbonyl (C=O) groups is 2. The summed E-state index contributed by atoms with van der Waals surface area (Å²) in [5, 5.41) is 3.63. The molecule has 0 aliphatic carbocycles. The topological polar surface area (TPSA) is 61.9 Å². The van der Waals surface area contributed by atoms with E-state index in [4.69, 9.17) is 4.74 Å². The second-order valence-electron chi connectivity index (χ2n) is 8.20. The van der Waals surface area contributed by atoms with Gasteiger partial charge in [0, 0.05) is 38.3 Å². The van der Waals surface area contributed by atoms with E-state index in [9.17, 15) is 9.59 Å². The Morgan fingerprint density at radius 3 is 2.42 bits per heavy atom. The number of ether oxygens (including phenoxy) is 1. The first kappa shape index (κ1) is 18.5. The highest BCUT2D eigenvalue weighted by atomic mass is 16.6. The minimum Gasteiger partial charge on any atom is -0.444 e. The molecule has 1 aromatic rings. The molecule has 6 heteroatoms. The van der Waals surface area contributed by atoms with E-state index in [2.05, 4.69) is 17.4 Å². The van der Waals surface area contributed by atoms with Crippen molar-refractivity contribution in [2.45, 2.75) is 65.3 Å². The minimum absolute atomic E-state index is 0.150. The fourth-order valence-electron chi connectivity index (χ4n) is 3.57. The number of carbonyl (C=O) groups excluding carboxylic acids is 2. The number of piperidine rings is 1. The largest absolute Gasteiger partial charge is 0.444 e. The van der Waals surface area contributed by atoms with Gasteiger partial charge in [-0.25, -0.2) is 4.79 Å². The minimum atomic E-state index is -0.488. The summed E-state index contributed by atoms with van der Waals surface area (Å²) in [5.41, 5.74) is 2.95. The number of anilines is 1. The molecule has 1 N–H and O–H groups in total. The number of amides is 2. The highest BCUT2D eigenvalue weighted by molar-refractivity contribution is 5.73. The van der Waals surface area contributed by atoms with Gasteiger partial charge in [-0.3, -0.25) is 9.69 Å². The van der Waals surface area contributed by atoms with Crippen molar-refractivity contribution in [3.8, 4) is 0 Å². The van der Waals surface area contributed by atoms with Gasteiger partial charge >= 0.3 is 6.09 Å². The van der Waals surface area contributed by atoms with Crippen molar-refractivity contribution in [3.63, 3.8) is 0 Å². The lowest BCUT2D eigenvalue weighted by molar-refractivity contribution is -0.129. The fraction of sp³-hybridized carbons (Fsp3) is 0.600. The molecule has 6 nitrogen and oxygen atoms in total. The predicted molar refractivity (Wildman–Crippen MR) is 101 cm³/mol. The highest BCUT2D eigenvalue weighted by Gasteiger charge is 2.30. The third-order valence-electron chi connectivity index (χ3n) is 4.93. The van der Waals surface area contributed by atoms with Gasteiger partial charge in [-0.05, 0) is 50.8 Å². The van der Waals surface area contributed by atoms with Crippen molar-refractivity contribution in [3.05, 3.63) is 29.3 Å². The van der Waals surface area contributed by atoms with E-state index in [-0.39, 0.29) is 12.0 Å². The molecule has 142 valence electrons. The zero-order valence-corrected chi connectivity index (χ0v) is 16.2. The number of benzene rings is 1. The standard InChI is InChI=1S/C20H29N3O3/c1-14(24)22-10-8-16(9-11-22)21-18-7-5-6-15-12-23(13-17(15)18)19(25)26-20(2,3)4/h5-7,16,21H,8-13H2,1-4H3. The van der Waals surface area contributed by atoms with Crippen molar-refractivity contribution in [1.82, 2.24) is 9.80 Å². The summed E-state index contributed by atoms with van der Waals surface area (Å²) in [6.07, 6.45) is 1.62.